The van der Waals surface area contributed by atoms with Gasteiger partial charge in [0.2, 0.25) is 0 Å². The van der Waals surface area contributed by atoms with Crippen LogP contribution in [0, 0.1) is 13.8 Å². The number of esters is 1. The Morgan fingerprint density at radius 1 is 1.44 bits per heavy atom. The molecule has 0 unspecified atom stereocenters. The van der Waals surface area contributed by atoms with Crippen LogP contribution in [0.3, 0.4) is 0 Å². The number of aliphatic hydroxyl groups excluding tert-OH is 1. The minimum Gasteiger partial charge on any atom is -0.465 e. The lowest BCUT2D eigenvalue weighted by atomic mass is 10.2. The number of hydrogen-bond donors (Lipinski definition) is 1. The van der Waals surface area contributed by atoms with E-state index < -0.39 is 5.97 Å². The van der Waals surface area contributed by atoms with Crippen LogP contribution in [0.15, 0.2) is 6.07 Å². The van der Waals surface area contributed by atoms with Crippen molar-refractivity contribution in [2.75, 3.05) is 13.7 Å². The molecule has 6 heteroatoms. The molecule has 0 aliphatic carbocycles. The summed E-state index contributed by atoms with van der Waals surface area (Å²) >= 11 is 0. The fourth-order valence-electron chi connectivity index (χ4n) is 1.96. The molecule has 0 saturated heterocycles. The Morgan fingerprint density at radius 3 is 2.78 bits per heavy atom. The summed E-state index contributed by atoms with van der Waals surface area (Å²) in [6.45, 7) is 4.01. The molecule has 0 aliphatic heterocycles. The molecule has 96 valence electrons. The van der Waals surface area contributed by atoms with Crippen LogP contribution in [0.5, 0.6) is 0 Å². The molecular formula is C12H15N3O3. The molecular weight excluding hydrogens is 234 g/mol. The lowest BCUT2D eigenvalue weighted by Crippen LogP contribution is -2.07. The summed E-state index contributed by atoms with van der Waals surface area (Å²) < 4.78 is 6.53. The second kappa shape index (κ2) is 4.73. The summed E-state index contributed by atoms with van der Waals surface area (Å²) in [5.41, 5.74) is 2.22. The molecule has 2 rings (SSSR count). The van der Waals surface area contributed by atoms with Crippen LogP contribution in [-0.4, -0.2) is 39.3 Å². The monoisotopic (exact) mass is 249 g/mol. The van der Waals surface area contributed by atoms with Crippen molar-refractivity contribution in [3.63, 3.8) is 0 Å². The number of aromatic nitrogens is 3. The van der Waals surface area contributed by atoms with Crippen LogP contribution in [0.25, 0.3) is 11.2 Å². The smallest absolute Gasteiger partial charge is 0.340 e. The molecule has 0 bridgehead atoms. The fraction of sp³-hybridized carbons (Fsp3) is 0.417. The highest BCUT2D eigenvalue weighted by molar-refractivity contribution is 6.01. The number of aryl methyl sites for hydroxylation is 2. The summed E-state index contributed by atoms with van der Waals surface area (Å²) in [5, 5.41) is 9.05. The summed E-state index contributed by atoms with van der Waals surface area (Å²) in [4.78, 5) is 20.4. The lowest BCUT2D eigenvalue weighted by Gasteiger charge is -2.05. The van der Waals surface area contributed by atoms with Crippen molar-refractivity contribution in [1.29, 1.82) is 0 Å². The predicted molar refractivity (Wildman–Crippen MR) is 65.4 cm³/mol. The first kappa shape index (κ1) is 12.5. The second-order valence-electron chi connectivity index (χ2n) is 4.01. The third kappa shape index (κ3) is 1.95. The molecule has 0 aromatic carbocycles. The van der Waals surface area contributed by atoms with E-state index >= 15 is 0 Å². The molecule has 0 radical (unpaired) electrons. The Balaban J connectivity index is 2.74. The van der Waals surface area contributed by atoms with E-state index in [1.807, 2.05) is 6.92 Å². The lowest BCUT2D eigenvalue weighted by molar-refractivity contribution is 0.0602. The van der Waals surface area contributed by atoms with Crippen LogP contribution < -0.4 is 0 Å². The van der Waals surface area contributed by atoms with Crippen molar-refractivity contribution in [2.24, 2.45) is 0 Å². The largest absolute Gasteiger partial charge is 0.465 e. The van der Waals surface area contributed by atoms with Gasteiger partial charge in [0, 0.05) is 12.2 Å². The van der Waals surface area contributed by atoms with Gasteiger partial charge in [-0.3, -0.25) is 0 Å². The first-order chi connectivity index (χ1) is 8.58. The van der Waals surface area contributed by atoms with Crippen LogP contribution in [0.1, 0.15) is 21.9 Å². The van der Waals surface area contributed by atoms with Crippen molar-refractivity contribution < 1.29 is 14.6 Å². The van der Waals surface area contributed by atoms with Gasteiger partial charge in [0.1, 0.15) is 11.3 Å². The van der Waals surface area contributed by atoms with E-state index in [2.05, 4.69) is 9.97 Å². The van der Waals surface area contributed by atoms with E-state index in [4.69, 9.17) is 9.84 Å². The zero-order valence-electron chi connectivity index (χ0n) is 10.6. The van der Waals surface area contributed by atoms with Crippen molar-refractivity contribution in [2.45, 2.75) is 20.4 Å². The first-order valence-electron chi connectivity index (χ1n) is 5.62. The van der Waals surface area contributed by atoms with Gasteiger partial charge in [-0.15, -0.1) is 0 Å². The van der Waals surface area contributed by atoms with Crippen molar-refractivity contribution in [3.8, 4) is 0 Å². The van der Waals surface area contributed by atoms with Gasteiger partial charge in [-0.1, -0.05) is 0 Å². The fourth-order valence-corrected chi connectivity index (χ4v) is 1.96. The van der Waals surface area contributed by atoms with Crippen LogP contribution in [-0.2, 0) is 11.3 Å². The molecule has 0 atom stereocenters. The molecule has 0 saturated carbocycles. The number of ether oxygens (including phenoxy) is 1. The van der Waals surface area contributed by atoms with Gasteiger partial charge in [-0.05, 0) is 19.9 Å². The second-order valence-corrected chi connectivity index (χ2v) is 4.01. The SMILES string of the molecule is COC(=O)c1cc(C)nc2c1nc(C)n2CCO. The Bertz CT molecular complexity index is 604. The van der Waals surface area contributed by atoms with Gasteiger partial charge in [0.15, 0.2) is 5.65 Å². The van der Waals surface area contributed by atoms with Crippen LogP contribution in [0.2, 0.25) is 0 Å². The number of nitrogens with zero attached hydrogens (tertiary/aromatic N) is 3. The van der Waals surface area contributed by atoms with E-state index in [-0.39, 0.29) is 6.61 Å². The van der Waals surface area contributed by atoms with Crippen LogP contribution >= 0.6 is 0 Å². The summed E-state index contributed by atoms with van der Waals surface area (Å²) in [7, 11) is 1.33. The molecule has 2 aromatic heterocycles. The summed E-state index contributed by atoms with van der Waals surface area (Å²) in [6, 6.07) is 1.66. The Kier molecular flexibility index (Phi) is 3.29. The van der Waals surface area contributed by atoms with Gasteiger partial charge < -0.3 is 14.4 Å². The molecule has 0 amide bonds. The number of fused-ring (bicyclic) bond motifs is 1. The minimum absolute atomic E-state index is 0.00448. The number of carbonyl (C=O) groups is 1. The van der Waals surface area contributed by atoms with Gasteiger partial charge in [0.25, 0.3) is 0 Å². The zero-order chi connectivity index (χ0) is 13.3. The normalized spacial score (nSPS) is 10.9. The third-order valence-corrected chi connectivity index (χ3v) is 2.75. The number of imidazole rings is 1. The Morgan fingerprint density at radius 2 is 2.17 bits per heavy atom. The summed E-state index contributed by atoms with van der Waals surface area (Å²) in [6.07, 6.45) is 0. The number of pyridine rings is 1. The number of hydrogen-bond acceptors (Lipinski definition) is 5. The van der Waals surface area contributed by atoms with Crippen molar-refractivity contribution in [1.82, 2.24) is 14.5 Å². The third-order valence-electron chi connectivity index (χ3n) is 2.75. The maximum Gasteiger partial charge on any atom is 0.340 e. The molecule has 2 heterocycles. The minimum atomic E-state index is -0.431. The highest BCUT2D eigenvalue weighted by Crippen LogP contribution is 2.20. The van der Waals surface area contributed by atoms with Gasteiger partial charge >= 0.3 is 5.97 Å². The molecule has 1 N–H and O–H groups in total. The summed E-state index contributed by atoms with van der Waals surface area (Å²) in [5.74, 6) is 0.279. The number of rotatable bonds is 3. The average Bonchev–Trinajstić information content (AvgIpc) is 2.65. The molecule has 6 nitrogen and oxygen atoms in total. The average molecular weight is 249 g/mol. The van der Waals surface area contributed by atoms with E-state index in [1.165, 1.54) is 7.11 Å². The highest BCUT2D eigenvalue weighted by Gasteiger charge is 2.18. The molecule has 2 aromatic rings. The Labute approximate surface area is 104 Å². The van der Waals surface area contributed by atoms with Crippen molar-refractivity contribution >= 4 is 17.1 Å². The predicted octanol–water partition coefficient (Wildman–Crippen LogP) is 0.827. The molecule has 0 spiro atoms. The van der Waals surface area contributed by atoms with E-state index in [9.17, 15) is 4.79 Å². The van der Waals surface area contributed by atoms with E-state index in [0.717, 1.165) is 0 Å². The first-order valence-corrected chi connectivity index (χ1v) is 5.62. The number of carbonyl (C=O) groups excluding carboxylic acids is 1. The maximum absolute atomic E-state index is 11.7. The Hall–Kier alpha value is -1.95. The van der Waals surface area contributed by atoms with E-state index in [0.29, 0.717) is 34.8 Å². The topological polar surface area (TPSA) is 77.2 Å². The quantitative estimate of drug-likeness (QED) is 0.815. The zero-order valence-corrected chi connectivity index (χ0v) is 10.6. The van der Waals surface area contributed by atoms with Crippen LogP contribution in [0.4, 0.5) is 0 Å². The molecule has 0 aliphatic rings. The van der Waals surface area contributed by atoms with Gasteiger partial charge in [-0.25, -0.2) is 14.8 Å². The van der Waals surface area contributed by atoms with Crippen molar-refractivity contribution in [3.05, 3.63) is 23.1 Å². The number of aliphatic hydroxyl groups is 1. The van der Waals surface area contributed by atoms with Gasteiger partial charge in [-0.2, -0.15) is 0 Å². The van der Waals surface area contributed by atoms with Gasteiger partial charge in [0.05, 0.1) is 19.3 Å². The molecule has 18 heavy (non-hydrogen) atoms. The highest BCUT2D eigenvalue weighted by atomic mass is 16.5. The standard InChI is InChI=1S/C12H15N3O3/c1-7-6-9(12(17)18-3)10-11(13-7)15(4-5-16)8(2)14-10/h6,16H,4-5H2,1-3H3. The van der Waals surface area contributed by atoms with E-state index in [1.54, 1.807) is 17.6 Å². The number of methoxy groups -OCH3 is 1. The maximum atomic E-state index is 11.7. The molecule has 0 fully saturated rings.